The van der Waals surface area contributed by atoms with E-state index in [0.29, 0.717) is 22.8 Å². The van der Waals surface area contributed by atoms with Crippen molar-refractivity contribution < 1.29 is 31.9 Å². The van der Waals surface area contributed by atoms with Gasteiger partial charge in [0.15, 0.2) is 11.6 Å². The first kappa shape index (κ1) is 32.7. The molecule has 0 spiro atoms. The maximum Gasteiger partial charge on any atom is 0.416 e. The van der Waals surface area contributed by atoms with Gasteiger partial charge in [-0.2, -0.15) is 13.2 Å². The molecule has 3 aromatic carbocycles. The van der Waals surface area contributed by atoms with Crippen molar-refractivity contribution >= 4 is 23.4 Å². The van der Waals surface area contributed by atoms with Crippen molar-refractivity contribution in [1.82, 2.24) is 20.2 Å². The number of benzene rings is 3. The van der Waals surface area contributed by atoms with Gasteiger partial charge in [0.2, 0.25) is 5.91 Å². The van der Waals surface area contributed by atoms with Crippen molar-refractivity contribution in [2.75, 3.05) is 19.4 Å². The highest BCUT2D eigenvalue weighted by Gasteiger charge is 2.32. The minimum atomic E-state index is -4.85. The third-order valence-corrected chi connectivity index (χ3v) is 7.23. The smallest absolute Gasteiger partial charge is 0.355 e. The normalized spacial score (nSPS) is 12.0. The minimum Gasteiger partial charge on any atom is -0.355 e. The van der Waals surface area contributed by atoms with Gasteiger partial charge in [-0.3, -0.25) is 23.7 Å². The van der Waals surface area contributed by atoms with Crippen LogP contribution in [0.15, 0.2) is 71.7 Å². The van der Waals surface area contributed by atoms with E-state index in [2.05, 4.69) is 20.9 Å². The number of ketones is 1. The Kier molecular flexibility index (Phi) is 9.62. The maximum atomic E-state index is 14.0. The van der Waals surface area contributed by atoms with Gasteiger partial charge < -0.3 is 16.0 Å². The number of rotatable bonds is 9. The van der Waals surface area contributed by atoms with Crippen LogP contribution in [0.5, 0.6) is 0 Å². The molecule has 13 heteroatoms. The largest absolute Gasteiger partial charge is 0.416 e. The first-order valence-corrected chi connectivity index (χ1v) is 13.7. The number of nitrogens with zero attached hydrogens (tertiary/aromatic N) is 2. The Morgan fingerprint density at radius 2 is 1.67 bits per heavy atom. The molecule has 0 aliphatic heterocycles. The lowest BCUT2D eigenvalue weighted by Gasteiger charge is -2.19. The Morgan fingerprint density at radius 1 is 0.978 bits per heavy atom. The van der Waals surface area contributed by atoms with E-state index in [1.54, 1.807) is 39.1 Å². The summed E-state index contributed by atoms with van der Waals surface area (Å²) in [5.41, 5.74) is -1.11. The minimum absolute atomic E-state index is 0.0336. The predicted molar refractivity (Wildman–Crippen MR) is 160 cm³/mol. The lowest BCUT2D eigenvalue weighted by atomic mass is 9.97. The highest BCUT2D eigenvalue weighted by atomic mass is 19.4. The lowest BCUT2D eigenvalue weighted by Crippen LogP contribution is -2.38. The summed E-state index contributed by atoms with van der Waals surface area (Å²) in [6.07, 6.45) is -3.57. The molecule has 1 atom stereocenters. The Labute approximate surface area is 255 Å². The van der Waals surface area contributed by atoms with Crippen LogP contribution in [0.25, 0.3) is 11.3 Å². The standard InChI is InChI=1S/C32H29F4N5O4/c1-17-24(6-5-7-25(17)30(44)38-4)26-15-39-28(40-29(43)18(2)37-3)31(45)41(26)16-19-12-21(14-22(13-19)32(34,35)36)27(42)20-8-10-23(33)11-9-20/h5-15,18,37H,16H2,1-4H3,(H,38,44)(H,39,40,43). The van der Waals surface area contributed by atoms with Gasteiger partial charge in [0.1, 0.15) is 5.82 Å². The van der Waals surface area contributed by atoms with Crippen LogP contribution in [-0.2, 0) is 17.5 Å². The second-order valence-electron chi connectivity index (χ2n) is 10.2. The number of hydrogen-bond donors (Lipinski definition) is 3. The summed E-state index contributed by atoms with van der Waals surface area (Å²) < 4.78 is 56.6. The van der Waals surface area contributed by atoms with Crippen LogP contribution >= 0.6 is 0 Å². The monoisotopic (exact) mass is 623 g/mol. The highest BCUT2D eigenvalue weighted by Crippen LogP contribution is 2.32. The Balaban J connectivity index is 1.92. The lowest BCUT2D eigenvalue weighted by molar-refractivity contribution is -0.137. The van der Waals surface area contributed by atoms with E-state index in [0.717, 1.165) is 34.9 Å². The average molecular weight is 624 g/mol. The topological polar surface area (TPSA) is 122 Å². The summed E-state index contributed by atoms with van der Waals surface area (Å²) >= 11 is 0. The SMILES string of the molecule is CNC(=O)c1cccc(-c2cnc(NC(=O)C(C)NC)c(=O)n2Cc2cc(C(=O)c3ccc(F)cc3)cc(C(F)(F)F)c2)c1C. The predicted octanol–water partition coefficient (Wildman–Crippen LogP) is 4.56. The van der Waals surface area contributed by atoms with Crippen LogP contribution in [0.4, 0.5) is 23.4 Å². The summed E-state index contributed by atoms with van der Waals surface area (Å²) in [7, 11) is 2.99. The van der Waals surface area contributed by atoms with E-state index in [-0.39, 0.29) is 28.2 Å². The molecule has 0 aliphatic carbocycles. The second-order valence-corrected chi connectivity index (χ2v) is 10.2. The molecule has 1 unspecified atom stereocenters. The van der Waals surface area contributed by atoms with Crippen LogP contribution < -0.4 is 21.5 Å². The van der Waals surface area contributed by atoms with Gasteiger partial charge in [0.25, 0.3) is 11.5 Å². The molecule has 1 heterocycles. The van der Waals surface area contributed by atoms with E-state index in [4.69, 9.17) is 0 Å². The zero-order valence-electron chi connectivity index (χ0n) is 24.7. The van der Waals surface area contributed by atoms with Gasteiger partial charge in [0, 0.05) is 29.3 Å². The second kappa shape index (κ2) is 13.2. The van der Waals surface area contributed by atoms with Crippen molar-refractivity contribution in [3.05, 3.63) is 116 Å². The summed E-state index contributed by atoms with van der Waals surface area (Å²) in [6, 6.07) is 11.1. The molecular formula is C32H29F4N5O4. The van der Waals surface area contributed by atoms with E-state index in [1.807, 2.05) is 0 Å². The van der Waals surface area contributed by atoms with Gasteiger partial charge in [-0.1, -0.05) is 12.1 Å². The number of amides is 2. The third-order valence-electron chi connectivity index (χ3n) is 7.23. The molecule has 234 valence electrons. The zero-order valence-corrected chi connectivity index (χ0v) is 24.7. The van der Waals surface area contributed by atoms with Gasteiger partial charge in [0.05, 0.1) is 30.0 Å². The number of likely N-dealkylation sites (N-methyl/N-ethyl adjacent to an activating group) is 1. The molecule has 3 N–H and O–H groups in total. The van der Waals surface area contributed by atoms with Crippen LogP contribution in [-0.4, -0.2) is 47.3 Å². The van der Waals surface area contributed by atoms with Gasteiger partial charge in [-0.05, 0) is 80.6 Å². The van der Waals surface area contributed by atoms with Gasteiger partial charge in [-0.25, -0.2) is 9.37 Å². The summed E-state index contributed by atoms with van der Waals surface area (Å²) in [6.45, 7) is 2.72. The fourth-order valence-electron chi connectivity index (χ4n) is 4.62. The van der Waals surface area contributed by atoms with Crippen molar-refractivity contribution in [3.8, 4) is 11.3 Å². The van der Waals surface area contributed by atoms with E-state index in [1.165, 1.54) is 19.3 Å². The van der Waals surface area contributed by atoms with Crippen LogP contribution in [0.3, 0.4) is 0 Å². The molecule has 0 radical (unpaired) electrons. The molecule has 1 aromatic heterocycles. The fraction of sp³-hybridized carbons (Fsp3) is 0.219. The fourth-order valence-corrected chi connectivity index (χ4v) is 4.62. The van der Waals surface area contributed by atoms with Crippen molar-refractivity contribution in [2.45, 2.75) is 32.6 Å². The molecule has 9 nitrogen and oxygen atoms in total. The Bertz CT molecular complexity index is 1840. The Morgan fingerprint density at radius 3 is 2.29 bits per heavy atom. The molecule has 0 aliphatic rings. The molecule has 45 heavy (non-hydrogen) atoms. The molecule has 2 amide bonds. The van der Waals surface area contributed by atoms with Gasteiger partial charge >= 0.3 is 6.18 Å². The van der Waals surface area contributed by atoms with Crippen LogP contribution in [0, 0.1) is 12.7 Å². The highest BCUT2D eigenvalue weighted by molar-refractivity contribution is 6.09. The number of carbonyl (C=O) groups excluding carboxylic acids is 3. The first-order valence-electron chi connectivity index (χ1n) is 13.7. The number of anilines is 1. The molecular weight excluding hydrogens is 594 g/mol. The summed E-state index contributed by atoms with van der Waals surface area (Å²) in [4.78, 5) is 56.2. The molecule has 0 fully saturated rings. The van der Waals surface area contributed by atoms with Crippen molar-refractivity contribution in [3.63, 3.8) is 0 Å². The van der Waals surface area contributed by atoms with E-state index < -0.39 is 53.3 Å². The quantitative estimate of drug-likeness (QED) is 0.186. The van der Waals surface area contributed by atoms with Crippen LogP contribution in [0.2, 0.25) is 0 Å². The molecule has 0 saturated heterocycles. The number of hydrogen-bond acceptors (Lipinski definition) is 6. The maximum absolute atomic E-state index is 14.0. The Hall–Kier alpha value is -5.17. The van der Waals surface area contributed by atoms with E-state index in [9.17, 15) is 36.7 Å². The number of aromatic nitrogens is 2. The number of nitrogens with one attached hydrogen (secondary N) is 3. The first-order chi connectivity index (χ1) is 21.2. The molecule has 0 saturated carbocycles. The molecule has 4 rings (SSSR count). The molecule has 0 bridgehead atoms. The average Bonchev–Trinajstić information content (AvgIpc) is 3.02. The summed E-state index contributed by atoms with van der Waals surface area (Å²) in [5, 5.41) is 7.70. The van der Waals surface area contributed by atoms with Crippen LogP contribution in [0.1, 0.15) is 49.9 Å². The van der Waals surface area contributed by atoms with E-state index >= 15 is 0 Å². The number of carbonyl (C=O) groups is 3. The van der Waals surface area contributed by atoms with Crippen molar-refractivity contribution in [1.29, 1.82) is 0 Å². The zero-order chi connectivity index (χ0) is 33.1. The van der Waals surface area contributed by atoms with Gasteiger partial charge in [-0.15, -0.1) is 0 Å². The third kappa shape index (κ3) is 7.15. The van der Waals surface area contributed by atoms with Crippen molar-refractivity contribution in [2.24, 2.45) is 0 Å². The number of halogens is 4. The number of alkyl halides is 3. The summed E-state index contributed by atoms with van der Waals surface area (Å²) in [5.74, 6) is -2.76. The molecule has 4 aromatic rings.